The lowest BCUT2D eigenvalue weighted by molar-refractivity contribution is 0.0950. The topological polar surface area (TPSA) is 81.9 Å². The highest BCUT2D eigenvalue weighted by atomic mass is 16.5. The lowest BCUT2D eigenvalue weighted by Crippen LogP contribution is -2.23. The Morgan fingerprint density at radius 2 is 2.12 bits per heavy atom. The Bertz CT molecular complexity index is 931. The highest BCUT2D eigenvalue weighted by Crippen LogP contribution is 2.31. The molecule has 0 spiro atoms. The number of methoxy groups -OCH3 is 1. The molecule has 1 aliphatic carbocycles. The molecule has 0 atom stereocenters. The number of nitrogens with one attached hydrogen (secondary N) is 1. The van der Waals surface area contributed by atoms with Gasteiger partial charge in [0.2, 0.25) is 5.88 Å². The molecule has 3 heterocycles. The number of nitrogens with zero attached hydrogens (tertiary/aromatic N) is 4. The lowest BCUT2D eigenvalue weighted by Gasteiger charge is -2.11. The number of carbonyl (C=O) groups excluding carboxylic acids is 1. The normalized spacial score (nSPS) is 14.7. The molecule has 26 heavy (non-hydrogen) atoms. The van der Waals surface area contributed by atoms with Crippen molar-refractivity contribution in [1.82, 2.24) is 24.8 Å². The summed E-state index contributed by atoms with van der Waals surface area (Å²) in [6.45, 7) is 0.395. The van der Waals surface area contributed by atoms with Crippen LogP contribution >= 0.6 is 0 Å². The number of ether oxygens (including phenoxy) is 1. The molecule has 0 aliphatic heterocycles. The fourth-order valence-electron chi connectivity index (χ4n) is 3.45. The molecule has 0 radical (unpaired) electrons. The van der Waals surface area contributed by atoms with Crippen molar-refractivity contribution in [1.29, 1.82) is 0 Å². The Kier molecular flexibility index (Phi) is 4.51. The van der Waals surface area contributed by atoms with Crippen LogP contribution in [0.15, 0.2) is 36.9 Å². The van der Waals surface area contributed by atoms with E-state index in [-0.39, 0.29) is 5.91 Å². The van der Waals surface area contributed by atoms with Crippen LogP contribution in [0.2, 0.25) is 0 Å². The smallest absolute Gasteiger partial charge is 0.253 e. The van der Waals surface area contributed by atoms with Crippen molar-refractivity contribution in [2.75, 3.05) is 7.11 Å². The maximum Gasteiger partial charge on any atom is 0.253 e. The van der Waals surface area contributed by atoms with Crippen LogP contribution in [-0.2, 0) is 6.54 Å². The second kappa shape index (κ2) is 7.11. The van der Waals surface area contributed by atoms with Gasteiger partial charge < -0.3 is 14.6 Å². The fourth-order valence-corrected chi connectivity index (χ4v) is 3.45. The highest BCUT2D eigenvalue weighted by molar-refractivity contribution is 5.96. The molecule has 4 rings (SSSR count). The van der Waals surface area contributed by atoms with E-state index in [4.69, 9.17) is 4.74 Å². The third-order valence-corrected chi connectivity index (χ3v) is 4.85. The van der Waals surface area contributed by atoms with Crippen molar-refractivity contribution in [3.05, 3.63) is 48.0 Å². The molecule has 0 bridgehead atoms. The first-order valence-electron chi connectivity index (χ1n) is 8.84. The van der Waals surface area contributed by atoms with Gasteiger partial charge in [-0.3, -0.25) is 4.79 Å². The summed E-state index contributed by atoms with van der Waals surface area (Å²) in [5, 5.41) is 2.90. The Hall–Kier alpha value is -2.96. The van der Waals surface area contributed by atoms with E-state index in [9.17, 15) is 4.79 Å². The SMILES string of the molecule is COc1cc(CNC(=O)c2cnc3c(c2)ncn3C2CCCC2)ccn1. The van der Waals surface area contributed by atoms with Gasteiger partial charge in [0.05, 0.1) is 19.0 Å². The zero-order valence-corrected chi connectivity index (χ0v) is 14.7. The van der Waals surface area contributed by atoms with Gasteiger partial charge in [0.15, 0.2) is 5.65 Å². The van der Waals surface area contributed by atoms with Crippen LogP contribution in [0.4, 0.5) is 0 Å². The number of aromatic nitrogens is 4. The van der Waals surface area contributed by atoms with Crippen LogP contribution in [0, 0.1) is 0 Å². The number of pyridine rings is 2. The van der Waals surface area contributed by atoms with Crippen LogP contribution in [0.3, 0.4) is 0 Å². The first kappa shape index (κ1) is 16.5. The predicted molar refractivity (Wildman–Crippen MR) is 97.0 cm³/mol. The van der Waals surface area contributed by atoms with Gasteiger partial charge in [0.1, 0.15) is 5.52 Å². The number of amides is 1. The van der Waals surface area contributed by atoms with E-state index in [1.165, 1.54) is 25.7 Å². The van der Waals surface area contributed by atoms with Crippen LogP contribution in [0.5, 0.6) is 5.88 Å². The molecule has 0 unspecified atom stereocenters. The minimum absolute atomic E-state index is 0.175. The Morgan fingerprint density at radius 1 is 1.27 bits per heavy atom. The quantitative estimate of drug-likeness (QED) is 0.764. The zero-order valence-electron chi connectivity index (χ0n) is 14.7. The van der Waals surface area contributed by atoms with Crippen molar-refractivity contribution in [3.8, 4) is 5.88 Å². The summed E-state index contributed by atoms with van der Waals surface area (Å²) < 4.78 is 7.24. The standard InChI is InChI=1S/C19H21N5O2/c1-26-17-8-13(6-7-20-17)10-22-19(25)14-9-16-18(21-11-14)24(12-23-16)15-4-2-3-5-15/h6-9,11-12,15H,2-5,10H2,1H3,(H,22,25). The lowest BCUT2D eigenvalue weighted by atomic mass is 10.2. The van der Waals surface area contributed by atoms with E-state index in [1.807, 2.05) is 12.4 Å². The molecule has 7 heteroatoms. The van der Waals surface area contributed by atoms with Crippen molar-refractivity contribution in [2.45, 2.75) is 38.3 Å². The summed E-state index contributed by atoms with van der Waals surface area (Å²) in [5.41, 5.74) is 3.04. The van der Waals surface area contributed by atoms with E-state index >= 15 is 0 Å². The number of hydrogen-bond acceptors (Lipinski definition) is 5. The third kappa shape index (κ3) is 3.24. The molecule has 0 saturated heterocycles. The molecule has 0 aromatic carbocycles. The first-order chi connectivity index (χ1) is 12.7. The van der Waals surface area contributed by atoms with E-state index in [0.717, 1.165) is 16.7 Å². The summed E-state index contributed by atoms with van der Waals surface area (Å²) in [5.74, 6) is 0.350. The first-order valence-corrected chi connectivity index (χ1v) is 8.84. The molecule has 3 aromatic heterocycles. The highest BCUT2D eigenvalue weighted by Gasteiger charge is 2.20. The van der Waals surface area contributed by atoms with E-state index in [2.05, 4.69) is 24.8 Å². The van der Waals surface area contributed by atoms with Gasteiger partial charge in [-0.2, -0.15) is 0 Å². The number of rotatable bonds is 5. The van der Waals surface area contributed by atoms with Gasteiger partial charge >= 0.3 is 0 Å². The van der Waals surface area contributed by atoms with Gasteiger partial charge in [-0.15, -0.1) is 0 Å². The third-order valence-electron chi connectivity index (χ3n) is 4.85. The largest absolute Gasteiger partial charge is 0.481 e. The molecule has 1 amide bonds. The van der Waals surface area contributed by atoms with Gasteiger partial charge in [0.25, 0.3) is 5.91 Å². The summed E-state index contributed by atoms with van der Waals surface area (Å²) in [6, 6.07) is 5.92. The molecule has 3 aromatic rings. The maximum absolute atomic E-state index is 12.4. The summed E-state index contributed by atoms with van der Waals surface area (Å²) in [7, 11) is 1.57. The second-order valence-corrected chi connectivity index (χ2v) is 6.55. The van der Waals surface area contributed by atoms with Crippen LogP contribution in [-0.4, -0.2) is 32.5 Å². The molecular weight excluding hydrogens is 330 g/mol. The van der Waals surface area contributed by atoms with Crippen molar-refractivity contribution in [3.63, 3.8) is 0 Å². The molecule has 7 nitrogen and oxygen atoms in total. The average Bonchev–Trinajstić information content (AvgIpc) is 3.35. The summed E-state index contributed by atoms with van der Waals surface area (Å²) in [4.78, 5) is 25.4. The summed E-state index contributed by atoms with van der Waals surface area (Å²) in [6.07, 6.45) is 9.98. The van der Waals surface area contributed by atoms with E-state index < -0.39 is 0 Å². The zero-order chi connectivity index (χ0) is 17.9. The molecule has 1 aliphatic rings. The van der Waals surface area contributed by atoms with E-state index in [1.54, 1.807) is 31.6 Å². The molecule has 1 saturated carbocycles. The van der Waals surface area contributed by atoms with Crippen molar-refractivity contribution in [2.24, 2.45) is 0 Å². The van der Waals surface area contributed by atoms with Gasteiger partial charge in [0, 0.05) is 31.0 Å². The second-order valence-electron chi connectivity index (χ2n) is 6.55. The molecule has 1 N–H and O–H groups in total. The van der Waals surface area contributed by atoms with Gasteiger partial charge in [-0.05, 0) is 30.5 Å². The minimum atomic E-state index is -0.175. The summed E-state index contributed by atoms with van der Waals surface area (Å²) >= 11 is 0. The van der Waals surface area contributed by atoms with Crippen LogP contribution in [0.1, 0.15) is 47.6 Å². The number of hydrogen-bond donors (Lipinski definition) is 1. The van der Waals surface area contributed by atoms with E-state index in [0.29, 0.717) is 24.0 Å². The molecular formula is C19H21N5O2. The Labute approximate surface area is 151 Å². The minimum Gasteiger partial charge on any atom is -0.481 e. The monoisotopic (exact) mass is 351 g/mol. The van der Waals surface area contributed by atoms with Crippen molar-refractivity contribution < 1.29 is 9.53 Å². The van der Waals surface area contributed by atoms with Crippen molar-refractivity contribution >= 4 is 17.1 Å². The number of fused-ring (bicyclic) bond motifs is 1. The molecule has 1 fully saturated rings. The Balaban J connectivity index is 1.48. The van der Waals surface area contributed by atoms with Crippen LogP contribution < -0.4 is 10.1 Å². The van der Waals surface area contributed by atoms with Gasteiger partial charge in [-0.1, -0.05) is 12.8 Å². The Morgan fingerprint density at radius 3 is 2.92 bits per heavy atom. The maximum atomic E-state index is 12.4. The van der Waals surface area contributed by atoms with Crippen LogP contribution in [0.25, 0.3) is 11.2 Å². The predicted octanol–water partition coefficient (Wildman–Crippen LogP) is 2.88. The average molecular weight is 351 g/mol. The number of imidazole rings is 1. The number of carbonyl (C=O) groups is 1. The molecule has 134 valence electrons. The fraction of sp³-hybridized carbons (Fsp3) is 0.368. The van der Waals surface area contributed by atoms with Gasteiger partial charge in [-0.25, -0.2) is 15.0 Å².